The highest BCUT2D eigenvalue weighted by Crippen LogP contribution is 2.37. The Bertz CT molecular complexity index is 597. The molecule has 2 aromatic rings. The summed E-state index contributed by atoms with van der Waals surface area (Å²) < 4.78 is 5.20. The molecule has 0 aromatic carbocycles. The summed E-state index contributed by atoms with van der Waals surface area (Å²) in [6.45, 7) is 3.63. The molecule has 0 spiro atoms. The van der Waals surface area contributed by atoms with Crippen molar-refractivity contribution >= 4 is 39.0 Å². The third kappa shape index (κ3) is 2.68. The van der Waals surface area contributed by atoms with Gasteiger partial charge in [0, 0.05) is 24.6 Å². The molecule has 0 amide bonds. The normalized spacial score (nSPS) is 15.1. The number of aromatic nitrogens is 2. The lowest BCUT2D eigenvalue weighted by Crippen LogP contribution is -2.30. The summed E-state index contributed by atoms with van der Waals surface area (Å²) >= 11 is 7.72. The van der Waals surface area contributed by atoms with Crippen molar-refractivity contribution in [2.75, 3.05) is 25.2 Å². The molecule has 2 aromatic heterocycles. The molecule has 0 radical (unpaired) electrons. The Balaban J connectivity index is 2.05. The van der Waals surface area contributed by atoms with Crippen LogP contribution in [0.1, 0.15) is 17.7 Å². The highest BCUT2D eigenvalue weighted by Gasteiger charge is 2.31. The van der Waals surface area contributed by atoms with Gasteiger partial charge in [0.25, 0.3) is 0 Å². The number of nitrogens with zero attached hydrogens (tertiary/aromatic N) is 3. The lowest BCUT2D eigenvalue weighted by molar-refractivity contribution is 0.205. The van der Waals surface area contributed by atoms with Crippen molar-refractivity contribution in [1.82, 2.24) is 9.97 Å². The average Bonchev–Trinajstić information content (AvgIpc) is 3.12. The summed E-state index contributed by atoms with van der Waals surface area (Å²) in [5.41, 5.74) is 0. The third-order valence-corrected chi connectivity index (χ3v) is 4.38. The standard InChI is InChI=1S/C13H16ClN3OS/c1-8-7-10-11(15-13(14)16-12(10)19-8)17(5-6-18-2)9-3-4-9/h7,9H,3-6H2,1-2H3. The third-order valence-electron chi connectivity index (χ3n) is 3.26. The Kier molecular flexibility index (Phi) is 3.60. The van der Waals surface area contributed by atoms with E-state index in [0.29, 0.717) is 17.9 Å². The molecule has 0 aliphatic heterocycles. The Labute approximate surface area is 121 Å². The van der Waals surface area contributed by atoms with Gasteiger partial charge in [0.1, 0.15) is 10.6 Å². The van der Waals surface area contributed by atoms with Crippen LogP contribution < -0.4 is 4.90 Å². The minimum Gasteiger partial charge on any atom is -0.383 e. The lowest BCUT2D eigenvalue weighted by atomic mass is 10.3. The molecule has 0 bridgehead atoms. The van der Waals surface area contributed by atoms with Crippen molar-refractivity contribution in [1.29, 1.82) is 0 Å². The first kappa shape index (κ1) is 13.1. The van der Waals surface area contributed by atoms with E-state index in [-0.39, 0.29) is 0 Å². The summed E-state index contributed by atoms with van der Waals surface area (Å²) in [5, 5.41) is 1.43. The van der Waals surface area contributed by atoms with E-state index in [1.54, 1.807) is 18.4 Å². The second-order valence-corrected chi connectivity index (χ2v) is 6.38. The van der Waals surface area contributed by atoms with Crippen LogP contribution in [-0.4, -0.2) is 36.3 Å². The largest absolute Gasteiger partial charge is 0.383 e. The number of ether oxygens (including phenoxy) is 1. The maximum absolute atomic E-state index is 6.06. The molecule has 1 fully saturated rings. The van der Waals surface area contributed by atoms with Crippen molar-refractivity contribution in [3.8, 4) is 0 Å². The summed E-state index contributed by atoms with van der Waals surface area (Å²) in [7, 11) is 1.72. The number of fused-ring (bicyclic) bond motifs is 1. The summed E-state index contributed by atoms with van der Waals surface area (Å²) in [6, 6.07) is 2.72. The summed E-state index contributed by atoms with van der Waals surface area (Å²) in [5.74, 6) is 0.957. The van der Waals surface area contributed by atoms with Gasteiger partial charge in [-0.3, -0.25) is 0 Å². The van der Waals surface area contributed by atoms with Crippen molar-refractivity contribution in [2.24, 2.45) is 0 Å². The van der Waals surface area contributed by atoms with Gasteiger partial charge in [-0.15, -0.1) is 11.3 Å². The fraction of sp³-hybridized carbons (Fsp3) is 0.538. The van der Waals surface area contributed by atoms with Crippen LogP contribution in [0.15, 0.2) is 6.07 Å². The highest BCUT2D eigenvalue weighted by atomic mass is 35.5. The van der Waals surface area contributed by atoms with Crippen LogP contribution in [0.25, 0.3) is 10.2 Å². The van der Waals surface area contributed by atoms with Crippen molar-refractivity contribution in [2.45, 2.75) is 25.8 Å². The maximum atomic E-state index is 6.06. The van der Waals surface area contributed by atoms with E-state index >= 15 is 0 Å². The van der Waals surface area contributed by atoms with Gasteiger partial charge in [0.2, 0.25) is 5.28 Å². The van der Waals surface area contributed by atoms with E-state index in [1.165, 1.54) is 17.7 Å². The van der Waals surface area contributed by atoms with Gasteiger partial charge in [0.15, 0.2) is 0 Å². The molecule has 0 saturated heterocycles. The molecule has 102 valence electrons. The molecule has 1 aliphatic rings. The van der Waals surface area contributed by atoms with Crippen LogP contribution in [0.3, 0.4) is 0 Å². The Morgan fingerprint density at radius 2 is 2.26 bits per heavy atom. The van der Waals surface area contributed by atoms with Crippen LogP contribution in [-0.2, 0) is 4.74 Å². The predicted molar refractivity (Wildman–Crippen MR) is 79.4 cm³/mol. The van der Waals surface area contributed by atoms with E-state index in [4.69, 9.17) is 16.3 Å². The number of anilines is 1. The van der Waals surface area contributed by atoms with Crippen molar-refractivity contribution in [3.63, 3.8) is 0 Å². The molecule has 0 N–H and O–H groups in total. The van der Waals surface area contributed by atoms with E-state index < -0.39 is 0 Å². The number of methoxy groups -OCH3 is 1. The minimum absolute atomic E-state index is 0.326. The molecule has 0 atom stereocenters. The number of aryl methyl sites for hydroxylation is 1. The molecule has 3 rings (SSSR count). The average molecular weight is 298 g/mol. The van der Waals surface area contributed by atoms with Crippen LogP contribution >= 0.6 is 22.9 Å². The van der Waals surface area contributed by atoms with Crippen LogP contribution in [0.4, 0.5) is 5.82 Å². The second kappa shape index (κ2) is 5.23. The number of hydrogen-bond donors (Lipinski definition) is 0. The number of thiophene rings is 1. The molecule has 0 unspecified atom stereocenters. The summed E-state index contributed by atoms with van der Waals surface area (Å²) in [6.07, 6.45) is 2.44. The number of rotatable bonds is 5. The van der Waals surface area contributed by atoms with Gasteiger partial charge in [0.05, 0.1) is 12.0 Å². The smallest absolute Gasteiger partial charge is 0.225 e. The Hall–Kier alpha value is -0.910. The second-order valence-electron chi connectivity index (χ2n) is 4.81. The fourth-order valence-corrected chi connectivity index (χ4v) is 3.35. The maximum Gasteiger partial charge on any atom is 0.225 e. The topological polar surface area (TPSA) is 38.2 Å². The highest BCUT2D eigenvalue weighted by molar-refractivity contribution is 7.18. The van der Waals surface area contributed by atoms with Crippen LogP contribution in [0, 0.1) is 6.92 Å². The monoisotopic (exact) mass is 297 g/mol. The van der Waals surface area contributed by atoms with Gasteiger partial charge in [-0.05, 0) is 37.4 Å². The Morgan fingerprint density at radius 3 is 2.95 bits per heavy atom. The van der Waals surface area contributed by atoms with E-state index in [2.05, 4.69) is 27.9 Å². The van der Waals surface area contributed by atoms with Gasteiger partial charge < -0.3 is 9.64 Å². The predicted octanol–water partition coefficient (Wildman–Crippen LogP) is 3.27. The molecule has 4 nitrogen and oxygen atoms in total. The zero-order valence-corrected chi connectivity index (χ0v) is 12.6. The Morgan fingerprint density at radius 1 is 1.47 bits per heavy atom. The van der Waals surface area contributed by atoms with Gasteiger partial charge in [-0.2, -0.15) is 4.98 Å². The molecule has 1 aliphatic carbocycles. The van der Waals surface area contributed by atoms with Gasteiger partial charge >= 0.3 is 0 Å². The van der Waals surface area contributed by atoms with Crippen molar-refractivity contribution < 1.29 is 4.74 Å². The van der Waals surface area contributed by atoms with Gasteiger partial charge in [-0.1, -0.05) is 0 Å². The number of halogens is 1. The quantitative estimate of drug-likeness (QED) is 0.794. The first-order valence-corrected chi connectivity index (χ1v) is 7.57. The molecule has 6 heteroatoms. The minimum atomic E-state index is 0.326. The van der Waals surface area contributed by atoms with E-state index in [9.17, 15) is 0 Å². The first-order chi connectivity index (χ1) is 9.19. The van der Waals surface area contributed by atoms with E-state index in [0.717, 1.165) is 22.6 Å². The zero-order valence-electron chi connectivity index (χ0n) is 11.0. The van der Waals surface area contributed by atoms with Crippen molar-refractivity contribution in [3.05, 3.63) is 16.2 Å². The molecule has 19 heavy (non-hydrogen) atoms. The lowest BCUT2D eigenvalue weighted by Gasteiger charge is -2.23. The molecular weight excluding hydrogens is 282 g/mol. The zero-order chi connectivity index (χ0) is 13.4. The fourth-order valence-electron chi connectivity index (χ4n) is 2.26. The first-order valence-electron chi connectivity index (χ1n) is 6.38. The molecule has 1 saturated carbocycles. The van der Waals surface area contributed by atoms with Crippen LogP contribution in [0.2, 0.25) is 5.28 Å². The van der Waals surface area contributed by atoms with Gasteiger partial charge in [-0.25, -0.2) is 4.98 Å². The van der Waals surface area contributed by atoms with Crippen LogP contribution in [0.5, 0.6) is 0 Å². The molecular formula is C13H16ClN3OS. The van der Waals surface area contributed by atoms with E-state index in [1.807, 2.05) is 0 Å². The number of hydrogen-bond acceptors (Lipinski definition) is 5. The SMILES string of the molecule is COCCN(c1nc(Cl)nc2sc(C)cc12)C1CC1. The molecule has 2 heterocycles. The summed E-state index contributed by atoms with van der Waals surface area (Å²) in [4.78, 5) is 13.3.